The molecule has 0 saturated carbocycles. The normalized spacial score (nSPS) is 17.5. The highest BCUT2D eigenvalue weighted by Crippen LogP contribution is 2.39. The Morgan fingerprint density at radius 2 is 1.81 bits per heavy atom. The quantitative estimate of drug-likeness (QED) is 0.379. The first kappa shape index (κ1) is 23.5. The minimum absolute atomic E-state index is 0.0435. The zero-order valence-corrected chi connectivity index (χ0v) is 19.3. The highest BCUT2D eigenvalue weighted by Gasteiger charge is 2.52. The Kier molecular flexibility index (Phi) is 7.26. The van der Waals surface area contributed by atoms with Crippen LogP contribution in [0.4, 0.5) is 4.79 Å². The lowest BCUT2D eigenvalue weighted by Crippen LogP contribution is -2.41. The first-order valence-electron chi connectivity index (χ1n) is 9.76. The van der Waals surface area contributed by atoms with E-state index in [1.54, 1.807) is 6.08 Å². The van der Waals surface area contributed by atoms with Gasteiger partial charge in [0.05, 0.1) is 11.2 Å². The van der Waals surface area contributed by atoms with E-state index in [9.17, 15) is 4.79 Å². The van der Waals surface area contributed by atoms with E-state index >= 15 is 0 Å². The number of nitrogens with zero attached hydrogens (tertiary/aromatic N) is 2. The molecule has 2 heterocycles. The van der Waals surface area contributed by atoms with Crippen molar-refractivity contribution >= 4 is 42.5 Å². The van der Waals surface area contributed by atoms with Gasteiger partial charge < -0.3 is 19.4 Å². The molecule has 10 heteroatoms. The maximum absolute atomic E-state index is 12.2. The van der Waals surface area contributed by atoms with E-state index in [0.29, 0.717) is 11.0 Å². The van der Waals surface area contributed by atoms with Gasteiger partial charge in [-0.05, 0) is 50.3 Å². The SMILES string of the molecule is CC1(C)OB(C(=Cc2cnc(Cl)nc2Cl)CNC(=O)OCc2ccccc2)OC1(C)C. The lowest BCUT2D eigenvalue weighted by molar-refractivity contribution is 0.00578. The van der Waals surface area contributed by atoms with Gasteiger partial charge in [0.2, 0.25) is 5.28 Å². The van der Waals surface area contributed by atoms with E-state index in [4.69, 9.17) is 37.2 Å². The second-order valence-electron chi connectivity index (χ2n) is 8.11. The monoisotopic (exact) mass is 463 g/mol. The number of hydrogen-bond acceptors (Lipinski definition) is 6. The van der Waals surface area contributed by atoms with Crippen LogP contribution in [0.1, 0.15) is 38.8 Å². The summed E-state index contributed by atoms with van der Waals surface area (Å²) in [7, 11) is -0.703. The van der Waals surface area contributed by atoms with Gasteiger partial charge in [-0.2, -0.15) is 0 Å². The van der Waals surface area contributed by atoms with Crippen molar-refractivity contribution in [2.24, 2.45) is 0 Å². The smallest absolute Gasteiger partial charge is 0.445 e. The number of rotatable bonds is 6. The second-order valence-corrected chi connectivity index (χ2v) is 8.80. The second kappa shape index (κ2) is 9.57. The van der Waals surface area contributed by atoms with E-state index < -0.39 is 24.4 Å². The molecule has 164 valence electrons. The van der Waals surface area contributed by atoms with Crippen molar-refractivity contribution in [3.8, 4) is 0 Å². The molecule has 2 aromatic rings. The molecule has 0 atom stereocenters. The maximum Gasteiger partial charge on any atom is 0.492 e. The molecule has 0 unspecified atom stereocenters. The van der Waals surface area contributed by atoms with Gasteiger partial charge in [-0.15, -0.1) is 0 Å². The summed E-state index contributed by atoms with van der Waals surface area (Å²) in [6, 6.07) is 9.43. The molecule has 0 spiro atoms. The van der Waals surface area contributed by atoms with Crippen LogP contribution in [0, 0.1) is 0 Å². The molecular weight excluding hydrogens is 440 g/mol. The number of carbonyl (C=O) groups excluding carboxylic acids is 1. The van der Waals surface area contributed by atoms with Crippen LogP contribution >= 0.6 is 23.2 Å². The fourth-order valence-electron chi connectivity index (χ4n) is 2.79. The van der Waals surface area contributed by atoms with E-state index in [0.717, 1.165) is 5.56 Å². The van der Waals surface area contributed by atoms with Crippen LogP contribution in [0.25, 0.3) is 6.08 Å². The molecular formula is C21H24BCl2N3O4. The number of halogens is 2. The van der Waals surface area contributed by atoms with Crippen molar-refractivity contribution in [2.45, 2.75) is 45.5 Å². The van der Waals surface area contributed by atoms with Gasteiger partial charge in [0.15, 0.2) is 0 Å². The minimum atomic E-state index is -0.703. The number of carbonyl (C=O) groups is 1. The van der Waals surface area contributed by atoms with E-state index in [1.165, 1.54) is 6.20 Å². The first-order valence-corrected chi connectivity index (χ1v) is 10.5. The Morgan fingerprint density at radius 3 is 2.42 bits per heavy atom. The molecule has 1 N–H and O–H groups in total. The van der Waals surface area contributed by atoms with Crippen molar-refractivity contribution in [3.05, 3.63) is 63.6 Å². The molecule has 1 aliphatic heterocycles. The maximum atomic E-state index is 12.2. The number of aromatic nitrogens is 2. The van der Waals surface area contributed by atoms with Gasteiger partial charge >= 0.3 is 13.2 Å². The summed E-state index contributed by atoms with van der Waals surface area (Å²) in [6.45, 7) is 8.08. The number of ether oxygens (including phenoxy) is 1. The standard InChI is InChI=1S/C21H24BCl2N3O4/c1-20(2)21(3,4)31-22(30-20)16(10-15-11-25-18(24)27-17(15)23)12-26-19(28)29-13-14-8-6-5-7-9-14/h5-11H,12-13H2,1-4H3,(H,26,28). The molecule has 1 aromatic carbocycles. The third-order valence-electron chi connectivity index (χ3n) is 5.29. The van der Waals surface area contributed by atoms with Gasteiger partial charge in [-0.3, -0.25) is 0 Å². The molecule has 1 aliphatic rings. The number of nitrogens with one attached hydrogen (secondary N) is 1. The minimum Gasteiger partial charge on any atom is -0.445 e. The van der Waals surface area contributed by atoms with Crippen LogP contribution in [0.2, 0.25) is 10.4 Å². The molecule has 1 saturated heterocycles. The topological polar surface area (TPSA) is 82.6 Å². The summed E-state index contributed by atoms with van der Waals surface area (Å²) in [6.07, 6.45) is 2.65. The van der Waals surface area contributed by atoms with Gasteiger partial charge in [-0.1, -0.05) is 48.0 Å². The van der Waals surface area contributed by atoms with E-state index in [1.807, 2.05) is 58.0 Å². The predicted molar refractivity (Wildman–Crippen MR) is 121 cm³/mol. The Hall–Kier alpha value is -2.13. The summed E-state index contributed by atoms with van der Waals surface area (Å²) in [4.78, 5) is 20.2. The summed E-state index contributed by atoms with van der Waals surface area (Å²) in [5.74, 6) is 0. The molecule has 3 rings (SSSR count). The highest BCUT2D eigenvalue weighted by atomic mass is 35.5. The summed E-state index contributed by atoms with van der Waals surface area (Å²) < 4.78 is 17.5. The van der Waals surface area contributed by atoms with Crippen molar-refractivity contribution in [1.82, 2.24) is 15.3 Å². The molecule has 0 radical (unpaired) electrons. The third kappa shape index (κ3) is 5.98. The lowest BCUT2D eigenvalue weighted by Gasteiger charge is -2.32. The van der Waals surface area contributed by atoms with E-state index in [2.05, 4.69) is 15.3 Å². The zero-order chi connectivity index (χ0) is 22.6. The summed E-state index contributed by atoms with van der Waals surface area (Å²) in [5, 5.41) is 2.96. The Labute approximate surface area is 192 Å². The number of hydrogen-bond donors (Lipinski definition) is 1. The molecule has 1 fully saturated rings. The third-order valence-corrected chi connectivity index (χ3v) is 5.77. The van der Waals surface area contributed by atoms with Crippen molar-refractivity contribution in [2.75, 3.05) is 6.54 Å². The number of amides is 1. The zero-order valence-electron chi connectivity index (χ0n) is 17.8. The van der Waals surface area contributed by atoms with Crippen LogP contribution in [0.3, 0.4) is 0 Å². The largest absolute Gasteiger partial charge is 0.492 e. The van der Waals surface area contributed by atoms with Crippen LogP contribution in [0.15, 0.2) is 42.0 Å². The van der Waals surface area contributed by atoms with Crippen LogP contribution in [0.5, 0.6) is 0 Å². The lowest BCUT2D eigenvalue weighted by atomic mass is 9.77. The van der Waals surface area contributed by atoms with Crippen molar-refractivity contribution in [1.29, 1.82) is 0 Å². The number of benzene rings is 1. The predicted octanol–water partition coefficient (Wildman–Crippen LogP) is 4.72. The van der Waals surface area contributed by atoms with E-state index in [-0.39, 0.29) is 23.6 Å². The summed E-state index contributed by atoms with van der Waals surface area (Å²) >= 11 is 12.0. The fourth-order valence-corrected chi connectivity index (χ4v) is 3.15. The van der Waals surface area contributed by atoms with Crippen molar-refractivity contribution < 1.29 is 18.8 Å². The Morgan fingerprint density at radius 1 is 1.16 bits per heavy atom. The average Bonchev–Trinajstić information content (AvgIpc) is 2.93. The first-order chi connectivity index (χ1) is 14.6. The van der Waals surface area contributed by atoms with Crippen LogP contribution < -0.4 is 5.32 Å². The number of alkyl carbamates (subject to hydrolysis) is 1. The van der Waals surface area contributed by atoms with Gasteiger partial charge in [0.25, 0.3) is 0 Å². The van der Waals surface area contributed by atoms with Crippen molar-refractivity contribution in [3.63, 3.8) is 0 Å². The van der Waals surface area contributed by atoms with Gasteiger partial charge in [0, 0.05) is 18.3 Å². The highest BCUT2D eigenvalue weighted by molar-refractivity contribution is 6.56. The fraction of sp³-hybridized carbons (Fsp3) is 0.381. The van der Waals surface area contributed by atoms with Crippen LogP contribution in [-0.4, -0.2) is 40.9 Å². The Bertz CT molecular complexity index is 954. The van der Waals surface area contributed by atoms with Gasteiger partial charge in [-0.25, -0.2) is 14.8 Å². The molecule has 0 bridgehead atoms. The molecule has 1 amide bonds. The Balaban J connectivity index is 1.74. The summed E-state index contributed by atoms with van der Waals surface area (Å²) in [5.41, 5.74) is 0.943. The molecule has 31 heavy (non-hydrogen) atoms. The molecule has 7 nitrogen and oxygen atoms in total. The molecule has 1 aromatic heterocycles. The van der Waals surface area contributed by atoms with Crippen LogP contribution in [-0.2, 0) is 20.7 Å². The van der Waals surface area contributed by atoms with Gasteiger partial charge in [0.1, 0.15) is 11.8 Å². The molecule has 0 aliphatic carbocycles. The average molecular weight is 464 g/mol.